The largest absolute Gasteiger partial charge is 0.462 e. The lowest BCUT2D eigenvalue weighted by Gasteiger charge is -2.06. The molecule has 1 N–H and O–H groups in total. The van der Waals surface area contributed by atoms with E-state index in [2.05, 4.69) is 10.3 Å². The zero-order chi connectivity index (χ0) is 16.3. The molecule has 0 aliphatic heterocycles. The highest BCUT2D eigenvalue weighted by atomic mass is 32.1. The standard InChI is InChI=1S/C15H18N2O4S/c1-5-20-15(19)10-6-9(4)22-14(10)17-13(18)11-12(8(2)3)21-7-16-11/h6-8H,5H2,1-4H3,(H,17,18). The summed E-state index contributed by atoms with van der Waals surface area (Å²) in [6.45, 7) is 7.70. The first-order valence-corrected chi connectivity index (χ1v) is 7.78. The first-order valence-electron chi connectivity index (χ1n) is 6.96. The highest BCUT2D eigenvalue weighted by Gasteiger charge is 2.23. The molecule has 0 aromatic carbocycles. The molecule has 2 aromatic rings. The number of aromatic nitrogens is 1. The number of hydrogen-bond donors (Lipinski definition) is 1. The van der Waals surface area contributed by atoms with Gasteiger partial charge in [0.15, 0.2) is 12.1 Å². The molecule has 0 fully saturated rings. The Bertz CT molecular complexity index is 688. The van der Waals surface area contributed by atoms with E-state index in [-0.39, 0.29) is 18.2 Å². The van der Waals surface area contributed by atoms with Crippen molar-refractivity contribution in [2.45, 2.75) is 33.6 Å². The molecule has 0 bridgehead atoms. The van der Waals surface area contributed by atoms with Gasteiger partial charge < -0.3 is 14.5 Å². The van der Waals surface area contributed by atoms with Gasteiger partial charge in [0.1, 0.15) is 10.8 Å². The lowest BCUT2D eigenvalue weighted by atomic mass is 10.1. The summed E-state index contributed by atoms with van der Waals surface area (Å²) >= 11 is 1.32. The fourth-order valence-corrected chi connectivity index (χ4v) is 2.86. The average Bonchev–Trinajstić information content (AvgIpc) is 3.05. The van der Waals surface area contributed by atoms with Gasteiger partial charge in [0.2, 0.25) is 0 Å². The molecule has 0 aliphatic carbocycles. The third kappa shape index (κ3) is 3.36. The molecule has 0 saturated heterocycles. The molecule has 0 saturated carbocycles. The number of hydrogen-bond acceptors (Lipinski definition) is 6. The highest BCUT2D eigenvalue weighted by molar-refractivity contribution is 7.16. The maximum absolute atomic E-state index is 12.4. The van der Waals surface area contributed by atoms with E-state index >= 15 is 0 Å². The number of oxazole rings is 1. The summed E-state index contributed by atoms with van der Waals surface area (Å²) in [5, 5.41) is 3.18. The Balaban J connectivity index is 2.25. The molecule has 0 unspecified atom stereocenters. The summed E-state index contributed by atoms with van der Waals surface area (Å²) in [5.74, 6) is -0.294. The van der Waals surface area contributed by atoms with Crippen LogP contribution in [0.3, 0.4) is 0 Å². The summed E-state index contributed by atoms with van der Waals surface area (Å²) in [6, 6.07) is 1.70. The molecule has 2 heterocycles. The Morgan fingerprint density at radius 2 is 2.18 bits per heavy atom. The van der Waals surface area contributed by atoms with Crippen molar-refractivity contribution < 1.29 is 18.7 Å². The van der Waals surface area contributed by atoms with Crippen LogP contribution in [-0.2, 0) is 4.74 Å². The fourth-order valence-electron chi connectivity index (χ4n) is 1.97. The van der Waals surface area contributed by atoms with Gasteiger partial charge in [0, 0.05) is 10.8 Å². The number of aryl methyl sites for hydroxylation is 1. The molecule has 2 aromatic heterocycles. The number of amides is 1. The Morgan fingerprint density at radius 1 is 1.45 bits per heavy atom. The third-order valence-electron chi connectivity index (χ3n) is 2.91. The zero-order valence-corrected chi connectivity index (χ0v) is 13.7. The van der Waals surface area contributed by atoms with Crippen LogP contribution in [0.5, 0.6) is 0 Å². The van der Waals surface area contributed by atoms with Crippen molar-refractivity contribution in [1.82, 2.24) is 4.98 Å². The Hall–Kier alpha value is -2.15. The predicted octanol–water partition coefficient (Wildman–Crippen LogP) is 3.60. The molecule has 2 rings (SSSR count). The summed E-state index contributed by atoms with van der Waals surface area (Å²) < 4.78 is 10.2. The van der Waals surface area contributed by atoms with Gasteiger partial charge >= 0.3 is 5.97 Å². The Morgan fingerprint density at radius 3 is 2.82 bits per heavy atom. The zero-order valence-electron chi connectivity index (χ0n) is 12.9. The SMILES string of the molecule is CCOC(=O)c1cc(C)sc1NC(=O)c1ncoc1C(C)C. The topological polar surface area (TPSA) is 81.4 Å². The Kier molecular flexibility index (Phi) is 4.97. The normalized spacial score (nSPS) is 10.8. The Labute approximate surface area is 132 Å². The van der Waals surface area contributed by atoms with E-state index in [9.17, 15) is 9.59 Å². The molecule has 0 spiro atoms. The van der Waals surface area contributed by atoms with Gasteiger partial charge in [-0.3, -0.25) is 4.79 Å². The smallest absolute Gasteiger partial charge is 0.341 e. The molecule has 6 nitrogen and oxygen atoms in total. The number of nitrogens with zero attached hydrogens (tertiary/aromatic N) is 1. The van der Waals surface area contributed by atoms with E-state index in [1.807, 2.05) is 20.8 Å². The maximum Gasteiger partial charge on any atom is 0.341 e. The monoisotopic (exact) mass is 322 g/mol. The van der Waals surface area contributed by atoms with Crippen LogP contribution in [0.25, 0.3) is 0 Å². The number of carbonyl (C=O) groups excluding carboxylic acids is 2. The molecule has 7 heteroatoms. The van der Waals surface area contributed by atoms with Crippen LogP contribution < -0.4 is 5.32 Å². The second kappa shape index (κ2) is 6.74. The molecular weight excluding hydrogens is 304 g/mol. The number of ether oxygens (including phenoxy) is 1. The van der Waals surface area contributed by atoms with Crippen LogP contribution >= 0.6 is 11.3 Å². The molecule has 0 atom stereocenters. The summed E-state index contributed by atoms with van der Waals surface area (Å²) in [5.41, 5.74) is 0.586. The summed E-state index contributed by atoms with van der Waals surface area (Å²) in [6.07, 6.45) is 1.25. The number of carbonyl (C=O) groups is 2. The first kappa shape index (κ1) is 16.2. The number of anilines is 1. The second-order valence-corrected chi connectivity index (χ2v) is 6.25. The van der Waals surface area contributed by atoms with Gasteiger partial charge in [-0.15, -0.1) is 11.3 Å². The van der Waals surface area contributed by atoms with Gasteiger partial charge in [-0.05, 0) is 19.9 Å². The van der Waals surface area contributed by atoms with E-state index in [0.29, 0.717) is 16.3 Å². The number of thiophene rings is 1. The van der Waals surface area contributed by atoms with Crippen molar-refractivity contribution in [1.29, 1.82) is 0 Å². The lowest BCUT2D eigenvalue weighted by Crippen LogP contribution is -2.16. The average molecular weight is 322 g/mol. The van der Waals surface area contributed by atoms with Crippen molar-refractivity contribution in [2.75, 3.05) is 11.9 Å². The van der Waals surface area contributed by atoms with Gasteiger partial charge in [-0.25, -0.2) is 9.78 Å². The predicted molar refractivity (Wildman–Crippen MR) is 83.6 cm³/mol. The molecule has 118 valence electrons. The third-order valence-corrected chi connectivity index (χ3v) is 3.88. The van der Waals surface area contributed by atoms with Gasteiger partial charge in [0.05, 0.1) is 12.2 Å². The van der Waals surface area contributed by atoms with Gasteiger partial charge in [-0.2, -0.15) is 0 Å². The summed E-state index contributed by atoms with van der Waals surface area (Å²) in [4.78, 5) is 29.2. The number of esters is 1. The van der Waals surface area contributed by atoms with E-state index in [4.69, 9.17) is 9.15 Å². The van der Waals surface area contributed by atoms with E-state index in [1.54, 1.807) is 13.0 Å². The van der Waals surface area contributed by atoms with Crippen molar-refractivity contribution >= 4 is 28.2 Å². The molecule has 0 aliphatic rings. The van der Waals surface area contributed by atoms with Crippen molar-refractivity contribution in [2.24, 2.45) is 0 Å². The molecule has 0 radical (unpaired) electrons. The maximum atomic E-state index is 12.4. The van der Waals surface area contributed by atoms with Gasteiger partial charge in [0.25, 0.3) is 5.91 Å². The van der Waals surface area contributed by atoms with Gasteiger partial charge in [-0.1, -0.05) is 13.8 Å². The highest BCUT2D eigenvalue weighted by Crippen LogP contribution is 2.29. The van der Waals surface area contributed by atoms with Crippen LogP contribution in [0.1, 0.15) is 58.2 Å². The van der Waals surface area contributed by atoms with Crippen molar-refractivity contribution in [3.8, 4) is 0 Å². The molecular formula is C15H18N2O4S. The fraction of sp³-hybridized carbons (Fsp3) is 0.400. The van der Waals surface area contributed by atoms with E-state index < -0.39 is 11.9 Å². The quantitative estimate of drug-likeness (QED) is 0.851. The van der Waals surface area contributed by atoms with Crippen LogP contribution in [-0.4, -0.2) is 23.5 Å². The molecule has 22 heavy (non-hydrogen) atoms. The van der Waals surface area contributed by atoms with Crippen molar-refractivity contribution in [3.05, 3.63) is 34.4 Å². The van der Waals surface area contributed by atoms with Crippen LogP contribution in [0, 0.1) is 6.92 Å². The van der Waals surface area contributed by atoms with Crippen LogP contribution in [0.4, 0.5) is 5.00 Å². The minimum atomic E-state index is -0.452. The van der Waals surface area contributed by atoms with Crippen LogP contribution in [0.2, 0.25) is 0 Å². The minimum Gasteiger partial charge on any atom is -0.462 e. The second-order valence-electron chi connectivity index (χ2n) is 4.99. The van der Waals surface area contributed by atoms with Crippen molar-refractivity contribution in [3.63, 3.8) is 0 Å². The minimum absolute atomic E-state index is 0.0397. The van der Waals surface area contributed by atoms with Crippen LogP contribution in [0.15, 0.2) is 16.9 Å². The molecule has 1 amide bonds. The summed E-state index contributed by atoms with van der Waals surface area (Å²) in [7, 11) is 0. The number of nitrogens with one attached hydrogen (secondary N) is 1. The lowest BCUT2D eigenvalue weighted by molar-refractivity contribution is 0.0528. The first-order chi connectivity index (χ1) is 10.4. The van der Waals surface area contributed by atoms with E-state index in [0.717, 1.165) is 4.88 Å². The number of rotatable bonds is 5. The van der Waals surface area contributed by atoms with E-state index in [1.165, 1.54) is 17.7 Å².